The summed E-state index contributed by atoms with van der Waals surface area (Å²) in [4.78, 5) is 17.6. The Bertz CT molecular complexity index is 496. The number of fused-ring (bicyclic) bond motifs is 1. The van der Waals surface area contributed by atoms with Crippen LogP contribution in [0.2, 0.25) is 0 Å². The Hall–Kier alpha value is -1.99. The summed E-state index contributed by atoms with van der Waals surface area (Å²) < 4.78 is 0. The van der Waals surface area contributed by atoms with Gasteiger partial charge in [-0.05, 0) is 5.39 Å². The number of rotatable bonds is 2. The Balaban J connectivity index is 2.58. The first-order valence-corrected chi connectivity index (χ1v) is 4.27. The molecule has 0 unspecified atom stereocenters. The number of carbonyl (C=O) groups excluding carboxylic acids is 1. The van der Waals surface area contributed by atoms with Gasteiger partial charge in [-0.2, -0.15) is 0 Å². The van der Waals surface area contributed by atoms with Crippen molar-refractivity contribution in [2.75, 3.05) is 0 Å². The van der Waals surface area contributed by atoms with E-state index in [1.54, 1.807) is 12.4 Å². The fraction of sp³-hybridized carbons (Fsp3) is 0.0909. The predicted molar refractivity (Wildman–Crippen MR) is 53.6 cm³/mol. The highest BCUT2D eigenvalue weighted by Crippen LogP contribution is 2.17. The van der Waals surface area contributed by atoms with Gasteiger partial charge in [0, 0.05) is 23.3 Å². The minimum Gasteiger partial charge on any atom is -0.264 e. The number of hydrogen-bond acceptors (Lipinski definition) is 3. The van der Waals surface area contributed by atoms with Gasteiger partial charge in [0.2, 0.25) is 6.08 Å². The van der Waals surface area contributed by atoms with Crippen LogP contribution < -0.4 is 0 Å². The quantitative estimate of drug-likeness (QED) is 0.529. The molecule has 0 aliphatic rings. The Kier molecular flexibility index (Phi) is 2.34. The van der Waals surface area contributed by atoms with E-state index in [2.05, 4.69) is 9.98 Å². The summed E-state index contributed by atoms with van der Waals surface area (Å²) in [6.45, 7) is 0.345. The maximum atomic E-state index is 10.0. The topological polar surface area (TPSA) is 42.3 Å². The lowest BCUT2D eigenvalue weighted by molar-refractivity contribution is 0.563. The predicted octanol–water partition coefficient (Wildman–Crippen LogP) is 2.07. The number of hydrogen-bond donors (Lipinski definition) is 0. The lowest BCUT2D eigenvalue weighted by atomic mass is 10.1. The third kappa shape index (κ3) is 1.53. The summed E-state index contributed by atoms with van der Waals surface area (Å²) in [5.74, 6) is 0. The Morgan fingerprint density at radius 1 is 1.29 bits per heavy atom. The molecule has 2 aromatic rings. The van der Waals surface area contributed by atoms with Crippen LogP contribution in [0.15, 0.2) is 41.7 Å². The number of pyridine rings is 1. The van der Waals surface area contributed by atoms with E-state index in [0.717, 1.165) is 16.3 Å². The average Bonchev–Trinajstić information content (AvgIpc) is 2.26. The minimum atomic E-state index is 0.345. The molecular formula is C11H8N2O. The molecule has 3 heteroatoms. The van der Waals surface area contributed by atoms with Gasteiger partial charge in [0.15, 0.2) is 0 Å². The second-order valence-corrected chi connectivity index (χ2v) is 2.93. The smallest absolute Gasteiger partial charge is 0.235 e. The van der Waals surface area contributed by atoms with Crippen molar-refractivity contribution < 1.29 is 4.79 Å². The van der Waals surface area contributed by atoms with Crippen molar-refractivity contribution in [3.05, 3.63) is 42.2 Å². The van der Waals surface area contributed by atoms with Crippen molar-refractivity contribution in [2.24, 2.45) is 4.99 Å². The van der Waals surface area contributed by atoms with Crippen LogP contribution in [0.3, 0.4) is 0 Å². The van der Waals surface area contributed by atoms with E-state index in [4.69, 9.17) is 0 Å². The first kappa shape index (κ1) is 8.60. The van der Waals surface area contributed by atoms with Crippen LogP contribution in [0.25, 0.3) is 10.8 Å². The van der Waals surface area contributed by atoms with Gasteiger partial charge in [-0.3, -0.25) is 4.98 Å². The molecule has 0 radical (unpaired) electrons. The molecule has 1 aromatic carbocycles. The van der Waals surface area contributed by atoms with Crippen molar-refractivity contribution in [1.82, 2.24) is 4.98 Å². The maximum Gasteiger partial charge on any atom is 0.235 e. The molecule has 0 spiro atoms. The van der Waals surface area contributed by atoms with E-state index in [0.29, 0.717) is 6.54 Å². The van der Waals surface area contributed by atoms with Gasteiger partial charge in [0.05, 0.1) is 6.54 Å². The fourth-order valence-corrected chi connectivity index (χ4v) is 1.42. The second-order valence-electron chi connectivity index (χ2n) is 2.93. The van der Waals surface area contributed by atoms with E-state index < -0.39 is 0 Å². The van der Waals surface area contributed by atoms with Crippen molar-refractivity contribution in [2.45, 2.75) is 6.54 Å². The summed E-state index contributed by atoms with van der Waals surface area (Å²) in [7, 11) is 0. The third-order valence-corrected chi connectivity index (χ3v) is 2.06. The van der Waals surface area contributed by atoms with Gasteiger partial charge < -0.3 is 0 Å². The van der Waals surface area contributed by atoms with E-state index in [-0.39, 0.29) is 0 Å². The van der Waals surface area contributed by atoms with Crippen LogP contribution in [0.4, 0.5) is 0 Å². The van der Waals surface area contributed by atoms with E-state index >= 15 is 0 Å². The summed E-state index contributed by atoms with van der Waals surface area (Å²) in [6, 6.07) is 7.89. The highest BCUT2D eigenvalue weighted by molar-refractivity contribution is 5.84. The molecule has 1 aromatic heterocycles. The molecule has 0 bridgehead atoms. The molecule has 0 aliphatic carbocycles. The molecule has 0 amide bonds. The third-order valence-electron chi connectivity index (χ3n) is 2.06. The normalized spacial score (nSPS) is 9.71. The highest BCUT2D eigenvalue weighted by atomic mass is 16.1. The number of aliphatic imine (C=N–C) groups is 1. The first-order chi connectivity index (χ1) is 6.92. The van der Waals surface area contributed by atoms with Crippen molar-refractivity contribution >= 4 is 16.9 Å². The van der Waals surface area contributed by atoms with Crippen LogP contribution >= 0.6 is 0 Å². The average molecular weight is 184 g/mol. The molecule has 0 atom stereocenters. The van der Waals surface area contributed by atoms with Crippen molar-refractivity contribution in [3.63, 3.8) is 0 Å². The summed E-state index contributed by atoms with van der Waals surface area (Å²) in [6.07, 6.45) is 5.05. The zero-order chi connectivity index (χ0) is 9.80. The van der Waals surface area contributed by atoms with Gasteiger partial charge in [-0.15, -0.1) is 0 Å². The second kappa shape index (κ2) is 3.81. The zero-order valence-electron chi connectivity index (χ0n) is 7.47. The van der Waals surface area contributed by atoms with Crippen molar-refractivity contribution in [1.29, 1.82) is 0 Å². The zero-order valence-corrected chi connectivity index (χ0v) is 7.47. The van der Waals surface area contributed by atoms with Crippen LogP contribution in [-0.4, -0.2) is 11.1 Å². The standard InChI is InChI=1S/C11H8N2O/c14-8-13-7-10-6-12-5-9-3-1-2-4-11(9)10/h1-6H,7H2. The van der Waals surface area contributed by atoms with Crippen LogP contribution in [0.5, 0.6) is 0 Å². The van der Waals surface area contributed by atoms with Gasteiger partial charge in [-0.1, -0.05) is 24.3 Å². The summed E-state index contributed by atoms with van der Waals surface area (Å²) >= 11 is 0. The lowest BCUT2D eigenvalue weighted by Crippen LogP contribution is -1.86. The molecule has 3 nitrogen and oxygen atoms in total. The minimum absolute atomic E-state index is 0.345. The van der Waals surface area contributed by atoms with Crippen molar-refractivity contribution in [3.8, 4) is 0 Å². The molecular weight excluding hydrogens is 176 g/mol. The fourth-order valence-electron chi connectivity index (χ4n) is 1.42. The van der Waals surface area contributed by atoms with Crippen LogP contribution in [-0.2, 0) is 11.3 Å². The molecule has 0 fully saturated rings. The van der Waals surface area contributed by atoms with E-state index in [1.807, 2.05) is 24.3 Å². The molecule has 1 heterocycles. The van der Waals surface area contributed by atoms with Crippen LogP contribution in [0, 0.1) is 0 Å². The highest BCUT2D eigenvalue weighted by Gasteiger charge is 1.98. The van der Waals surface area contributed by atoms with E-state index in [1.165, 1.54) is 6.08 Å². The van der Waals surface area contributed by atoms with Gasteiger partial charge >= 0.3 is 0 Å². The molecule has 0 saturated carbocycles. The van der Waals surface area contributed by atoms with Gasteiger partial charge in [0.25, 0.3) is 0 Å². The molecule has 2 rings (SSSR count). The van der Waals surface area contributed by atoms with E-state index in [9.17, 15) is 4.79 Å². The van der Waals surface area contributed by atoms with Gasteiger partial charge in [0.1, 0.15) is 0 Å². The summed E-state index contributed by atoms with van der Waals surface area (Å²) in [5.41, 5.74) is 0.950. The van der Waals surface area contributed by atoms with Gasteiger partial charge in [-0.25, -0.2) is 9.79 Å². The molecule has 0 N–H and O–H groups in total. The monoisotopic (exact) mass is 184 g/mol. The Morgan fingerprint density at radius 3 is 3.00 bits per heavy atom. The lowest BCUT2D eigenvalue weighted by Gasteiger charge is -2.01. The van der Waals surface area contributed by atoms with Crippen LogP contribution in [0.1, 0.15) is 5.56 Å². The number of benzene rings is 1. The largest absolute Gasteiger partial charge is 0.264 e. The number of aromatic nitrogens is 1. The molecule has 68 valence electrons. The molecule has 0 aliphatic heterocycles. The molecule has 0 saturated heterocycles. The number of nitrogens with zero attached hydrogens (tertiary/aromatic N) is 2. The maximum absolute atomic E-state index is 10.0. The number of isocyanates is 1. The summed E-state index contributed by atoms with van der Waals surface area (Å²) in [5, 5.41) is 2.15. The first-order valence-electron chi connectivity index (χ1n) is 4.27. The Morgan fingerprint density at radius 2 is 2.14 bits per heavy atom. The molecule has 14 heavy (non-hydrogen) atoms. The SMILES string of the molecule is O=C=NCc1cncc2ccccc12. The Labute approximate surface area is 81.1 Å².